The Balaban J connectivity index is 0.000000354. The first-order chi connectivity index (χ1) is 5.72. The van der Waals surface area contributed by atoms with E-state index in [0.717, 1.165) is 0 Å². The van der Waals surface area contributed by atoms with E-state index >= 15 is 0 Å². The lowest BCUT2D eigenvalue weighted by Gasteiger charge is -1.88. The van der Waals surface area contributed by atoms with Crippen molar-refractivity contribution in [1.82, 2.24) is 0 Å². The van der Waals surface area contributed by atoms with Crippen molar-refractivity contribution in [2.24, 2.45) is 5.34 Å². The molecule has 0 fully saturated rings. The first kappa shape index (κ1) is 10.1. The summed E-state index contributed by atoms with van der Waals surface area (Å²) >= 11 is 0. The zero-order chi connectivity index (χ0) is 9.40. The summed E-state index contributed by atoms with van der Waals surface area (Å²) in [5.74, 6) is -0.879. The highest BCUT2D eigenvalue weighted by Gasteiger charge is 1.96. The van der Waals surface area contributed by atoms with Crippen molar-refractivity contribution in [3.63, 3.8) is 0 Å². The molecule has 0 aliphatic heterocycles. The summed E-state index contributed by atoms with van der Waals surface area (Å²) in [6.45, 7) is 0. The van der Waals surface area contributed by atoms with Crippen LogP contribution in [0.1, 0.15) is 10.4 Å². The second-order valence-corrected chi connectivity index (χ2v) is 1.75. The molecule has 0 aliphatic rings. The van der Waals surface area contributed by atoms with E-state index in [4.69, 9.17) is 15.2 Å². The van der Waals surface area contributed by atoms with Crippen LogP contribution in [0.2, 0.25) is 0 Å². The van der Waals surface area contributed by atoms with Gasteiger partial charge < -0.3 is 10.3 Å². The number of hydrogen-bond donors (Lipinski definition) is 2. The van der Waals surface area contributed by atoms with E-state index in [2.05, 4.69) is 0 Å². The predicted molar refractivity (Wildman–Crippen MR) is 41.0 cm³/mol. The molecule has 0 aliphatic carbocycles. The molecule has 0 saturated carbocycles. The van der Waals surface area contributed by atoms with Gasteiger partial charge in [0.15, 0.2) is 5.34 Å². The van der Waals surface area contributed by atoms with Crippen molar-refractivity contribution < 1.29 is 15.1 Å². The van der Waals surface area contributed by atoms with Crippen molar-refractivity contribution in [2.45, 2.75) is 0 Å². The Kier molecular flexibility index (Phi) is 4.91. The van der Waals surface area contributed by atoms with Gasteiger partial charge in [-0.2, -0.15) is 0 Å². The Bertz CT molecular complexity index is 247. The van der Waals surface area contributed by atoms with Gasteiger partial charge in [0.05, 0.1) is 5.56 Å². The molecule has 1 aromatic rings. The van der Waals surface area contributed by atoms with Crippen molar-refractivity contribution >= 4 is 5.97 Å². The van der Waals surface area contributed by atoms with Gasteiger partial charge >= 0.3 is 5.97 Å². The van der Waals surface area contributed by atoms with Crippen LogP contribution in [0.25, 0.3) is 0 Å². The molecule has 1 aromatic carbocycles. The van der Waals surface area contributed by atoms with Crippen molar-refractivity contribution in [3.05, 3.63) is 40.8 Å². The quantitative estimate of drug-likeness (QED) is 0.493. The maximum atomic E-state index is 10.2. The Hall–Kier alpha value is -1.91. The van der Waals surface area contributed by atoms with Crippen LogP contribution in [0.4, 0.5) is 0 Å². The number of carbonyl (C=O) groups is 1. The van der Waals surface area contributed by atoms with Crippen molar-refractivity contribution in [3.8, 4) is 0 Å². The summed E-state index contributed by atoms with van der Waals surface area (Å²) in [5, 5.41) is 16.3. The van der Waals surface area contributed by atoms with Gasteiger partial charge in [0.25, 0.3) is 0 Å². The monoisotopic (exact) mass is 169 g/mol. The largest absolute Gasteiger partial charge is 0.478 e. The zero-order valence-corrected chi connectivity index (χ0v) is 6.04. The average Bonchev–Trinajstić information content (AvgIpc) is 2.07. The van der Waals surface area contributed by atoms with Gasteiger partial charge in [0.1, 0.15) is 0 Å². The molecule has 0 radical (unpaired) electrons. The molecule has 0 saturated heterocycles. The summed E-state index contributed by atoms with van der Waals surface area (Å²) in [6.07, 6.45) is 0. The van der Waals surface area contributed by atoms with Gasteiger partial charge in [0, 0.05) is 0 Å². The Labute approximate surface area is 68.2 Å². The topological polar surface area (TPSA) is 87.0 Å². The standard InChI is InChI=1S/C7H6O2.HNO2/c8-7(9)6-4-2-1-3-5-6;2-1-3/h1-5H,(H,8,9);(H,2,3). The van der Waals surface area contributed by atoms with Crippen LogP contribution in [0, 0.1) is 4.91 Å². The molecule has 64 valence electrons. The first-order valence-corrected chi connectivity index (χ1v) is 2.97. The molecule has 12 heavy (non-hydrogen) atoms. The second kappa shape index (κ2) is 5.84. The number of hydrogen-bond acceptors (Lipinski definition) is 3. The minimum absolute atomic E-state index is 0.331. The molecule has 5 heteroatoms. The summed E-state index contributed by atoms with van der Waals surface area (Å²) in [4.78, 5) is 18.3. The molecule has 0 atom stereocenters. The summed E-state index contributed by atoms with van der Waals surface area (Å²) in [6, 6.07) is 8.30. The van der Waals surface area contributed by atoms with E-state index in [0.29, 0.717) is 5.56 Å². The zero-order valence-electron chi connectivity index (χ0n) is 6.04. The number of nitrogens with zero attached hydrogens (tertiary/aromatic N) is 1. The predicted octanol–water partition coefficient (Wildman–Crippen LogP) is 1.53. The second-order valence-electron chi connectivity index (χ2n) is 1.75. The molecular weight excluding hydrogens is 162 g/mol. The highest BCUT2D eigenvalue weighted by atomic mass is 16.6. The molecule has 5 nitrogen and oxygen atoms in total. The third-order valence-electron chi connectivity index (χ3n) is 1.02. The van der Waals surface area contributed by atoms with E-state index in [1.54, 1.807) is 30.3 Å². The van der Waals surface area contributed by atoms with E-state index < -0.39 is 5.97 Å². The molecule has 0 aromatic heterocycles. The van der Waals surface area contributed by atoms with Crippen LogP contribution in [0.5, 0.6) is 0 Å². The third kappa shape index (κ3) is 3.99. The molecule has 0 bridgehead atoms. The van der Waals surface area contributed by atoms with Crippen LogP contribution in [0.15, 0.2) is 35.7 Å². The average molecular weight is 169 g/mol. The lowest BCUT2D eigenvalue weighted by Crippen LogP contribution is -1.93. The molecule has 2 N–H and O–H groups in total. The highest BCUT2D eigenvalue weighted by molar-refractivity contribution is 5.87. The normalized spacial score (nSPS) is 7.67. The third-order valence-corrected chi connectivity index (χ3v) is 1.02. The Morgan fingerprint density at radius 2 is 1.67 bits per heavy atom. The molecule has 0 spiro atoms. The molecular formula is C7H7NO4. The van der Waals surface area contributed by atoms with Crippen LogP contribution in [-0.2, 0) is 0 Å². The van der Waals surface area contributed by atoms with Gasteiger partial charge in [0.2, 0.25) is 0 Å². The van der Waals surface area contributed by atoms with E-state index in [9.17, 15) is 4.79 Å². The minimum Gasteiger partial charge on any atom is -0.478 e. The van der Waals surface area contributed by atoms with E-state index in [1.165, 1.54) is 5.34 Å². The van der Waals surface area contributed by atoms with Crippen LogP contribution in [-0.4, -0.2) is 16.3 Å². The van der Waals surface area contributed by atoms with E-state index in [-0.39, 0.29) is 0 Å². The minimum atomic E-state index is -0.879. The highest BCUT2D eigenvalue weighted by Crippen LogP contribution is 1.96. The lowest BCUT2D eigenvalue weighted by atomic mass is 10.2. The number of benzene rings is 1. The first-order valence-electron chi connectivity index (χ1n) is 2.97. The number of carboxylic acids is 1. The van der Waals surface area contributed by atoms with Crippen molar-refractivity contribution in [1.29, 1.82) is 0 Å². The number of aromatic carboxylic acids is 1. The molecule has 0 heterocycles. The van der Waals surface area contributed by atoms with Gasteiger partial charge in [-0.3, -0.25) is 0 Å². The van der Waals surface area contributed by atoms with Crippen LogP contribution >= 0.6 is 0 Å². The maximum Gasteiger partial charge on any atom is 0.335 e. The SMILES string of the molecule is O=C(O)c1ccccc1.O=NO. The maximum absolute atomic E-state index is 10.2. The van der Waals surface area contributed by atoms with Crippen LogP contribution in [0.3, 0.4) is 0 Å². The Morgan fingerprint density at radius 1 is 1.25 bits per heavy atom. The Morgan fingerprint density at radius 3 is 1.92 bits per heavy atom. The number of rotatable bonds is 1. The van der Waals surface area contributed by atoms with Crippen molar-refractivity contribution in [2.75, 3.05) is 0 Å². The van der Waals surface area contributed by atoms with Gasteiger partial charge in [-0.05, 0) is 12.1 Å². The fourth-order valence-corrected chi connectivity index (χ4v) is 0.581. The fourth-order valence-electron chi connectivity index (χ4n) is 0.581. The number of carboxylic acid groups (broad SMARTS) is 1. The molecule has 1 rings (SSSR count). The van der Waals surface area contributed by atoms with E-state index in [1.807, 2.05) is 0 Å². The van der Waals surface area contributed by atoms with Gasteiger partial charge in [-0.15, -0.1) is 4.91 Å². The summed E-state index contributed by atoms with van der Waals surface area (Å²) in [5.41, 5.74) is 0.331. The molecule has 0 amide bonds. The fraction of sp³-hybridized carbons (Fsp3) is 0. The summed E-state index contributed by atoms with van der Waals surface area (Å²) < 4.78 is 0. The van der Waals surface area contributed by atoms with Crippen LogP contribution < -0.4 is 0 Å². The summed E-state index contributed by atoms with van der Waals surface area (Å²) in [7, 11) is 0. The van der Waals surface area contributed by atoms with Gasteiger partial charge in [-0.1, -0.05) is 18.2 Å². The van der Waals surface area contributed by atoms with Gasteiger partial charge in [-0.25, -0.2) is 4.79 Å². The molecule has 0 unspecified atom stereocenters. The lowest BCUT2D eigenvalue weighted by molar-refractivity contribution is 0.0697. The smallest absolute Gasteiger partial charge is 0.335 e.